The normalized spacial score (nSPS) is 17.8. The van der Waals surface area contributed by atoms with Crippen molar-refractivity contribution in [3.63, 3.8) is 0 Å². The molecule has 1 aliphatic rings. The number of carbonyl (C=O) groups is 1. The van der Waals surface area contributed by atoms with Crippen molar-refractivity contribution in [3.05, 3.63) is 0 Å². The summed E-state index contributed by atoms with van der Waals surface area (Å²) < 4.78 is 0. The zero-order valence-electron chi connectivity index (χ0n) is 10.9. The third-order valence-corrected chi connectivity index (χ3v) is 3.92. The summed E-state index contributed by atoms with van der Waals surface area (Å²) in [7, 11) is 1.99. The molecule has 1 amide bonds. The summed E-state index contributed by atoms with van der Waals surface area (Å²) in [4.78, 5) is 15.9. The van der Waals surface area contributed by atoms with Crippen molar-refractivity contribution < 1.29 is 9.90 Å². The van der Waals surface area contributed by atoms with E-state index in [4.69, 9.17) is 0 Å². The van der Waals surface area contributed by atoms with Crippen LogP contribution in [0.3, 0.4) is 0 Å². The van der Waals surface area contributed by atoms with E-state index in [0.717, 1.165) is 30.9 Å². The number of likely N-dealkylation sites (tertiary alicyclic amines) is 1. The van der Waals surface area contributed by atoms with Crippen molar-refractivity contribution in [2.24, 2.45) is 0 Å². The maximum Gasteiger partial charge on any atom is 0.236 e. The van der Waals surface area contributed by atoms with E-state index in [1.54, 1.807) is 0 Å². The van der Waals surface area contributed by atoms with Crippen LogP contribution in [0.4, 0.5) is 0 Å². The van der Waals surface area contributed by atoms with Crippen LogP contribution in [0, 0.1) is 0 Å². The van der Waals surface area contributed by atoms with E-state index in [-0.39, 0.29) is 12.0 Å². The first-order chi connectivity index (χ1) is 8.13. The summed E-state index contributed by atoms with van der Waals surface area (Å²) in [5.41, 5.74) is 0. The Morgan fingerprint density at radius 3 is 2.71 bits per heavy atom. The van der Waals surface area contributed by atoms with Crippen molar-refractivity contribution in [2.45, 2.75) is 25.9 Å². The van der Waals surface area contributed by atoms with Gasteiger partial charge in [-0.05, 0) is 25.6 Å². The second kappa shape index (κ2) is 7.95. The van der Waals surface area contributed by atoms with Gasteiger partial charge in [0.1, 0.15) is 0 Å². The highest BCUT2D eigenvalue weighted by atomic mass is 32.2. The van der Waals surface area contributed by atoms with E-state index in [0.29, 0.717) is 19.6 Å². The number of nitrogens with zero attached hydrogens (tertiary/aromatic N) is 2. The summed E-state index contributed by atoms with van der Waals surface area (Å²) in [6.07, 6.45) is 1.24. The highest BCUT2D eigenvalue weighted by molar-refractivity contribution is 7.99. The van der Waals surface area contributed by atoms with Crippen LogP contribution in [0.2, 0.25) is 0 Å². The van der Waals surface area contributed by atoms with Crippen LogP contribution in [-0.4, -0.2) is 71.6 Å². The van der Waals surface area contributed by atoms with E-state index in [9.17, 15) is 9.90 Å². The van der Waals surface area contributed by atoms with Crippen molar-refractivity contribution in [1.29, 1.82) is 0 Å². The lowest BCUT2D eigenvalue weighted by atomic mass is 10.1. The van der Waals surface area contributed by atoms with Crippen LogP contribution >= 0.6 is 11.8 Å². The molecule has 1 heterocycles. The molecule has 1 saturated heterocycles. The minimum Gasteiger partial charge on any atom is -0.393 e. The van der Waals surface area contributed by atoms with Gasteiger partial charge in [-0.1, -0.05) is 6.92 Å². The van der Waals surface area contributed by atoms with Crippen molar-refractivity contribution in [1.82, 2.24) is 9.80 Å². The first kappa shape index (κ1) is 14.8. The molecule has 0 aromatic heterocycles. The quantitative estimate of drug-likeness (QED) is 0.712. The van der Waals surface area contributed by atoms with Crippen LogP contribution in [0.25, 0.3) is 0 Å². The Morgan fingerprint density at radius 2 is 2.12 bits per heavy atom. The number of piperidine rings is 1. The highest BCUT2D eigenvalue weighted by Gasteiger charge is 2.21. The molecule has 1 rings (SSSR count). The molecule has 0 unspecified atom stereocenters. The van der Waals surface area contributed by atoms with Gasteiger partial charge in [0.2, 0.25) is 5.91 Å². The van der Waals surface area contributed by atoms with Crippen LogP contribution in [-0.2, 0) is 4.79 Å². The fourth-order valence-electron chi connectivity index (χ4n) is 1.89. The van der Waals surface area contributed by atoms with E-state index in [1.807, 2.05) is 23.7 Å². The molecule has 1 N–H and O–H groups in total. The molecule has 0 atom stereocenters. The van der Waals surface area contributed by atoms with Crippen LogP contribution < -0.4 is 0 Å². The van der Waals surface area contributed by atoms with Crippen molar-refractivity contribution in [2.75, 3.05) is 44.7 Å². The molecule has 0 bridgehead atoms. The van der Waals surface area contributed by atoms with Gasteiger partial charge >= 0.3 is 0 Å². The lowest BCUT2D eigenvalue weighted by Crippen LogP contribution is -2.44. The molecule has 1 aliphatic heterocycles. The van der Waals surface area contributed by atoms with Gasteiger partial charge in [0.25, 0.3) is 0 Å². The summed E-state index contributed by atoms with van der Waals surface area (Å²) in [5.74, 6) is 2.41. The van der Waals surface area contributed by atoms with Gasteiger partial charge in [-0.3, -0.25) is 9.69 Å². The molecule has 17 heavy (non-hydrogen) atoms. The molecule has 0 aromatic carbocycles. The second-order valence-corrected chi connectivity index (χ2v) is 5.94. The van der Waals surface area contributed by atoms with Gasteiger partial charge in [-0.15, -0.1) is 0 Å². The number of carbonyl (C=O) groups excluding carboxylic acids is 1. The molecule has 1 fully saturated rings. The third-order valence-electron chi connectivity index (χ3n) is 3.04. The number of thioether (sulfide) groups is 1. The molecular weight excluding hydrogens is 236 g/mol. The summed E-state index contributed by atoms with van der Waals surface area (Å²) in [6.45, 7) is 5.02. The minimum atomic E-state index is -0.210. The number of aliphatic hydroxyl groups excluding tert-OH is 1. The summed E-state index contributed by atoms with van der Waals surface area (Å²) in [5, 5.41) is 9.38. The standard InChI is InChI=1S/C12H24N2O2S/c1-3-17-9-8-13(2)10-12(16)14-6-4-11(15)5-7-14/h11,15H,3-10H2,1-2H3. The Hall–Kier alpha value is -0.260. The molecule has 0 aromatic rings. The van der Waals surface area contributed by atoms with Crippen molar-refractivity contribution >= 4 is 17.7 Å². The Balaban J connectivity index is 2.19. The van der Waals surface area contributed by atoms with E-state index in [1.165, 1.54) is 0 Å². The van der Waals surface area contributed by atoms with E-state index < -0.39 is 0 Å². The predicted octanol–water partition coefficient (Wildman–Crippen LogP) is 0.655. The molecular formula is C12H24N2O2S. The van der Waals surface area contributed by atoms with Crippen molar-refractivity contribution in [3.8, 4) is 0 Å². The smallest absolute Gasteiger partial charge is 0.236 e. The molecule has 0 spiro atoms. The number of amides is 1. The summed E-state index contributed by atoms with van der Waals surface area (Å²) >= 11 is 1.90. The lowest BCUT2D eigenvalue weighted by molar-refractivity contribution is -0.134. The molecule has 4 nitrogen and oxygen atoms in total. The number of hydrogen-bond donors (Lipinski definition) is 1. The number of likely N-dealkylation sites (N-methyl/N-ethyl adjacent to an activating group) is 1. The monoisotopic (exact) mass is 260 g/mol. The molecule has 100 valence electrons. The molecule has 5 heteroatoms. The Bertz CT molecular complexity index is 231. The van der Waals surface area contributed by atoms with Gasteiger partial charge in [-0.25, -0.2) is 0 Å². The van der Waals surface area contributed by atoms with Gasteiger partial charge in [0.05, 0.1) is 12.6 Å². The first-order valence-corrected chi connectivity index (χ1v) is 7.51. The SMILES string of the molecule is CCSCCN(C)CC(=O)N1CCC(O)CC1. The average molecular weight is 260 g/mol. The van der Waals surface area contributed by atoms with E-state index >= 15 is 0 Å². The number of rotatable bonds is 6. The Kier molecular flexibility index (Phi) is 6.92. The Morgan fingerprint density at radius 1 is 1.47 bits per heavy atom. The van der Waals surface area contributed by atoms with Gasteiger partial charge in [0, 0.05) is 25.4 Å². The zero-order valence-corrected chi connectivity index (χ0v) is 11.7. The fraction of sp³-hybridized carbons (Fsp3) is 0.917. The summed E-state index contributed by atoms with van der Waals surface area (Å²) in [6, 6.07) is 0. The average Bonchev–Trinajstić information content (AvgIpc) is 2.30. The topological polar surface area (TPSA) is 43.8 Å². The van der Waals surface area contributed by atoms with Gasteiger partial charge in [-0.2, -0.15) is 11.8 Å². The van der Waals surface area contributed by atoms with Crippen LogP contribution in [0.15, 0.2) is 0 Å². The van der Waals surface area contributed by atoms with Gasteiger partial charge in [0.15, 0.2) is 0 Å². The van der Waals surface area contributed by atoms with E-state index in [2.05, 4.69) is 11.8 Å². The van der Waals surface area contributed by atoms with Crippen LogP contribution in [0.5, 0.6) is 0 Å². The molecule has 0 radical (unpaired) electrons. The maximum absolute atomic E-state index is 11.9. The molecule has 0 aliphatic carbocycles. The predicted molar refractivity (Wildman–Crippen MR) is 72.3 cm³/mol. The largest absolute Gasteiger partial charge is 0.393 e. The number of hydrogen-bond acceptors (Lipinski definition) is 4. The molecule has 0 saturated carbocycles. The van der Waals surface area contributed by atoms with Gasteiger partial charge < -0.3 is 10.0 Å². The fourth-order valence-corrected chi connectivity index (χ4v) is 2.62. The lowest BCUT2D eigenvalue weighted by Gasteiger charge is -2.31. The first-order valence-electron chi connectivity index (χ1n) is 6.35. The second-order valence-electron chi connectivity index (χ2n) is 4.55. The minimum absolute atomic E-state index is 0.195. The maximum atomic E-state index is 11.9. The third kappa shape index (κ3) is 5.75. The zero-order chi connectivity index (χ0) is 12.7. The van der Waals surface area contributed by atoms with Crippen LogP contribution in [0.1, 0.15) is 19.8 Å². The highest BCUT2D eigenvalue weighted by Crippen LogP contribution is 2.10. The number of aliphatic hydroxyl groups is 1. The Labute approximate surface area is 108 Å².